The molecule has 4 nitrogen and oxygen atoms in total. The van der Waals surface area contributed by atoms with Crippen LogP contribution in [0.3, 0.4) is 0 Å². The first-order valence-corrected chi connectivity index (χ1v) is 7.73. The van der Waals surface area contributed by atoms with Gasteiger partial charge < -0.3 is 10.1 Å². The molecule has 1 heterocycles. The summed E-state index contributed by atoms with van der Waals surface area (Å²) in [6.45, 7) is 1.54. The van der Waals surface area contributed by atoms with Gasteiger partial charge in [-0.15, -0.1) is 13.2 Å². The second-order valence-corrected chi connectivity index (χ2v) is 6.26. The molecule has 1 N–H and O–H groups in total. The maximum absolute atomic E-state index is 12.2. The van der Waals surface area contributed by atoms with E-state index in [1.165, 1.54) is 12.1 Å². The van der Waals surface area contributed by atoms with Crippen LogP contribution < -0.4 is 10.1 Å². The fraction of sp³-hybridized carbons (Fsp3) is 0.562. The molecular formula is C16H19F3N2O2. The molecule has 3 rings (SSSR count). The van der Waals surface area contributed by atoms with Crippen molar-refractivity contribution in [3.05, 3.63) is 29.8 Å². The number of carbonyl (C=O) groups is 1. The van der Waals surface area contributed by atoms with Crippen LogP contribution in [0.1, 0.15) is 31.2 Å². The Kier molecular flexibility index (Phi) is 4.23. The van der Waals surface area contributed by atoms with Crippen LogP contribution in [0.5, 0.6) is 5.75 Å². The van der Waals surface area contributed by atoms with Crippen molar-refractivity contribution in [3.8, 4) is 5.75 Å². The van der Waals surface area contributed by atoms with Crippen LogP contribution in [0.2, 0.25) is 0 Å². The average molecular weight is 328 g/mol. The van der Waals surface area contributed by atoms with Gasteiger partial charge in [0.05, 0.1) is 6.54 Å². The molecule has 0 aromatic heterocycles. The summed E-state index contributed by atoms with van der Waals surface area (Å²) < 4.78 is 40.4. The maximum Gasteiger partial charge on any atom is 0.573 e. The number of ether oxygens (including phenoxy) is 1. The Morgan fingerprint density at radius 1 is 1.17 bits per heavy atom. The molecule has 23 heavy (non-hydrogen) atoms. The van der Waals surface area contributed by atoms with Crippen molar-refractivity contribution in [2.75, 3.05) is 13.1 Å². The Labute approximate surface area is 132 Å². The van der Waals surface area contributed by atoms with E-state index in [9.17, 15) is 18.0 Å². The molecule has 0 atom stereocenters. The second kappa shape index (κ2) is 6.03. The van der Waals surface area contributed by atoms with Gasteiger partial charge in [0.25, 0.3) is 0 Å². The number of amides is 1. The summed E-state index contributed by atoms with van der Waals surface area (Å²) in [4.78, 5) is 13.9. The van der Waals surface area contributed by atoms with Gasteiger partial charge >= 0.3 is 6.36 Å². The number of nitrogens with zero attached hydrogens (tertiary/aromatic N) is 1. The number of carbonyl (C=O) groups excluding carboxylic acids is 1. The molecule has 1 amide bonds. The molecule has 1 aliphatic carbocycles. The van der Waals surface area contributed by atoms with Crippen molar-refractivity contribution in [3.63, 3.8) is 0 Å². The fourth-order valence-electron chi connectivity index (χ4n) is 3.54. The number of benzene rings is 1. The van der Waals surface area contributed by atoms with Gasteiger partial charge in [-0.3, -0.25) is 9.69 Å². The van der Waals surface area contributed by atoms with E-state index < -0.39 is 6.36 Å². The summed E-state index contributed by atoms with van der Waals surface area (Å²) in [5.41, 5.74) is 0.871. The minimum absolute atomic E-state index is 0.000417. The second-order valence-electron chi connectivity index (χ2n) is 6.26. The Morgan fingerprint density at radius 3 is 2.43 bits per heavy atom. The number of halogens is 3. The van der Waals surface area contributed by atoms with Crippen LogP contribution in [0.15, 0.2) is 24.3 Å². The number of hydrogen-bond acceptors (Lipinski definition) is 3. The molecule has 1 aromatic rings. The first kappa shape index (κ1) is 16.1. The molecule has 0 radical (unpaired) electrons. The van der Waals surface area contributed by atoms with E-state index in [1.54, 1.807) is 12.1 Å². The zero-order chi connectivity index (χ0) is 16.5. The molecule has 126 valence electrons. The molecule has 2 fully saturated rings. The normalized spacial score (nSPS) is 21.4. The number of hydrogen-bond donors (Lipinski definition) is 1. The lowest BCUT2D eigenvalue weighted by Crippen LogP contribution is -2.61. The summed E-state index contributed by atoms with van der Waals surface area (Å²) in [6.07, 6.45) is -0.305. The molecule has 1 saturated heterocycles. The highest BCUT2D eigenvalue weighted by Crippen LogP contribution is 2.37. The molecule has 1 saturated carbocycles. The van der Waals surface area contributed by atoms with Gasteiger partial charge in [-0.1, -0.05) is 25.0 Å². The quantitative estimate of drug-likeness (QED) is 0.928. The van der Waals surface area contributed by atoms with E-state index in [4.69, 9.17) is 0 Å². The third-order valence-electron chi connectivity index (χ3n) is 4.68. The number of alkyl halides is 3. The number of piperazine rings is 1. The van der Waals surface area contributed by atoms with Crippen molar-refractivity contribution >= 4 is 5.91 Å². The average Bonchev–Trinajstić information content (AvgIpc) is 2.93. The summed E-state index contributed by atoms with van der Waals surface area (Å²) in [7, 11) is 0. The zero-order valence-electron chi connectivity index (χ0n) is 12.7. The first-order chi connectivity index (χ1) is 10.9. The molecule has 1 aromatic carbocycles. The third-order valence-corrected chi connectivity index (χ3v) is 4.68. The summed E-state index contributed by atoms with van der Waals surface area (Å²) >= 11 is 0. The predicted molar refractivity (Wildman–Crippen MR) is 77.7 cm³/mol. The monoisotopic (exact) mass is 328 g/mol. The van der Waals surface area contributed by atoms with E-state index in [-0.39, 0.29) is 17.2 Å². The highest BCUT2D eigenvalue weighted by atomic mass is 19.4. The predicted octanol–water partition coefficient (Wildman–Crippen LogP) is 2.83. The molecule has 7 heteroatoms. The van der Waals surface area contributed by atoms with Crippen molar-refractivity contribution in [2.45, 2.75) is 44.1 Å². The summed E-state index contributed by atoms with van der Waals surface area (Å²) in [5.74, 6) is -0.229. The van der Waals surface area contributed by atoms with Crippen LogP contribution in [-0.2, 0) is 11.3 Å². The molecule has 1 spiro atoms. The van der Waals surface area contributed by atoms with Crippen LogP contribution >= 0.6 is 0 Å². The van der Waals surface area contributed by atoms with Gasteiger partial charge in [0.15, 0.2) is 0 Å². The Balaban J connectivity index is 1.70. The smallest absolute Gasteiger partial charge is 0.406 e. The lowest BCUT2D eigenvalue weighted by atomic mass is 9.92. The van der Waals surface area contributed by atoms with Crippen LogP contribution in [0.25, 0.3) is 0 Å². The summed E-state index contributed by atoms with van der Waals surface area (Å²) in [6, 6.07) is 5.87. The van der Waals surface area contributed by atoms with Crippen LogP contribution in [0, 0.1) is 0 Å². The zero-order valence-corrected chi connectivity index (χ0v) is 12.7. The largest absolute Gasteiger partial charge is 0.573 e. The van der Waals surface area contributed by atoms with E-state index >= 15 is 0 Å². The maximum atomic E-state index is 12.2. The molecule has 2 aliphatic rings. The van der Waals surface area contributed by atoms with Crippen molar-refractivity contribution in [1.29, 1.82) is 0 Å². The topological polar surface area (TPSA) is 41.6 Å². The minimum atomic E-state index is -4.68. The lowest BCUT2D eigenvalue weighted by Gasteiger charge is -2.44. The third kappa shape index (κ3) is 3.77. The number of nitrogens with one attached hydrogen (secondary N) is 1. The minimum Gasteiger partial charge on any atom is -0.406 e. The highest BCUT2D eigenvalue weighted by Gasteiger charge is 2.43. The van der Waals surface area contributed by atoms with Crippen molar-refractivity contribution < 1.29 is 22.7 Å². The molecule has 1 aliphatic heterocycles. The van der Waals surface area contributed by atoms with E-state index in [1.807, 2.05) is 0 Å². The Hall–Kier alpha value is -1.76. The standard InChI is InChI=1S/C16H19F3N2O2/c17-16(18,19)23-13-5-3-12(4-6-13)9-21-10-14(22)20-11-15(21)7-1-2-8-15/h3-6H,1-2,7-11H2,(H,20,22). The Morgan fingerprint density at radius 2 is 1.83 bits per heavy atom. The van der Waals surface area contributed by atoms with Crippen LogP contribution in [-0.4, -0.2) is 35.8 Å². The van der Waals surface area contributed by atoms with E-state index in [2.05, 4.69) is 15.0 Å². The highest BCUT2D eigenvalue weighted by molar-refractivity contribution is 5.79. The molecular weight excluding hydrogens is 309 g/mol. The van der Waals surface area contributed by atoms with Crippen molar-refractivity contribution in [2.24, 2.45) is 0 Å². The SMILES string of the molecule is O=C1CN(Cc2ccc(OC(F)(F)F)cc2)C2(CCCC2)CN1. The van der Waals surface area contributed by atoms with Crippen molar-refractivity contribution in [1.82, 2.24) is 10.2 Å². The number of rotatable bonds is 3. The van der Waals surface area contributed by atoms with Gasteiger partial charge in [0.2, 0.25) is 5.91 Å². The Bertz CT molecular complexity index is 566. The van der Waals surface area contributed by atoms with Gasteiger partial charge in [-0.05, 0) is 30.5 Å². The summed E-state index contributed by atoms with van der Waals surface area (Å²) in [5, 5.41) is 2.94. The molecule has 0 bridgehead atoms. The van der Waals surface area contributed by atoms with Crippen LogP contribution in [0.4, 0.5) is 13.2 Å². The van der Waals surface area contributed by atoms with Gasteiger partial charge in [-0.25, -0.2) is 0 Å². The first-order valence-electron chi connectivity index (χ1n) is 7.73. The van der Waals surface area contributed by atoms with Gasteiger partial charge in [0, 0.05) is 18.6 Å². The lowest BCUT2D eigenvalue weighted by molar-refractivity contribution is -0.274. The fourth-order valence-corrected chi connectivity index (χ4v) is 3.54. The van der Waals surface area contributed by atoms with Gasteiger partial charge in [-0.2, -0.15) is 0 Å². The van der Waals surface area contributed by atoms with E-state index in [0.29, 0.717) is 19.6 Å². The molecule has 0 unspecified atom stereocenters. The van der Waals surface area contributed by atoms with Gasteiger partial charge in [0.1, 0.15) is 5.75 Å². The van der Waals surface area contributed by atoms with E-state index in [0.717, 1.165) is 31.2 Å².